The van der Waals surface area contributed by atoms with Crippen LogP contribution in [0, 0.1) is 6.92 Å². The molecule has 0 unspecified atom stereocenters. The summed E-state index contributed by atoms with van der Waals surface area (Å²) in [5.41, 5.74) is 1.94. The maximum atomic E-state index is 13.7. The molecule has 0 aliphatic heterocycles. The quantitative estimate of drug-likeness (QED) is 0.431. The molecule has 0 fully saturated rings. The summed E-state index contributed by atoms with van der Waals surface area (Å²) in [6.45, 7) is 3.14. The SMILES string of the molecule is CNC(=O)[C@@H](C)N(CCc1ccccc1)C(=O)CN(c1ccc(Cl)cc1C)S(=O)(=O)c1ccccc1. The third kappa shape index (κ3) is 6.44. The zero-order valence-electron chi connectivity index (χ0n) is 20.5. The Hall–Kier alpha value is -3.36. The molecule has 2 amide bonds. The van der Waals surface area contributed by atoms with Gasteiger partial charge in [-0.2, -0.15) is 0 Å². The number of amides is 2. The largest absolute Gasteiger partial charge is 0.357 e. The lowest BCUT2D eigenvalue weighted by Crippen LogP contribution is -2.51. The minimum absolute atomic E-state index is 0.0577. The molecule has 0 saturated heterocycles. The van der Waals surface area contributed by atoms with E-state index in [0.717, 1.165) is 9.87 Å². The molecule has 1 atom stereocenters. The number of hydrogen-bond donors (Lipinski definition) is 1. The van der Waals surface area contributed by atoms with Gasteiger partial charge in [-0.05, 0) is 61.7 Å². The summed E-state index contributed by atoms with van der Waals surface area (Å²) in [5, 5.41) is 3.03. The van der Waals surface area contributed by atoms with Crippen molar-refractivity contribution in [1.82, 2.24) is 10.2 Å². The van der Waals surface area contributed by atoms with Crippen LogP contribution in [0.1, 0.15) is 18.1 Å². The van der Waals surface area contributed by atoms with Gasteiger partial charge in [0.1, 0.15) is 12.6 Å². The number of carbonyl (C=O) groups is 2. The van der Waals surface area contributed by atoms with Crippen LogP contribution >= 0.6 is 11.6 Å². The normalized spacial score (nSPS) is 12.0. The van der Waals surface area contributed by atoms with Crippen molar-refractivity contribution >= 4 is 39.1 Å². The zero-order valence-corrected chi connectivity index (χ0v) is 22.1. The summed E-state index contributed by atoms with van der Waals surface area (Å²) in [6, 6.07) is 21.6. The Morgan fingerprint density at radius 3 is 2.17 bits per heavy atom. The first-order valence-electron chi connectivity index (χ1n) is 11.5. The van der Waals surface area contributed by atoms with Gasteiger partial charge in [0.15, 0.2) is 0 Å². The lowest BCUT2D eigenvalue weighted by atomic mass is 10.1. The zero-order chi connectivity index (χ0) is 26.3. The molecular formula is C27H30ClN3O4S. The van der Waals surface area contributed by atoms with Gasteiger partial charge < -0.3 is 10.2 Å². The average Bonchev–Trinajstić information content (AvgIpc) is 2.88. The van der Waals surface area contributed by atoms with Crippen LogP contribution in [0.4, 0.5) is 5.69 Å². The van der Waals surface area contributed by atoms with Crippen LogP contribution in [0.3, 0.4) is 0 Å². The second-order valence-electron chi connectivity index (χ2n) is 8.37. The lowest BCUT2D eigenvalue weighted by molar-refractivity contribution is -0.138. The van der Waals surface area contributed by atoms with Crippen molar-refractivity contribution in [3.05, 3.63) is 95.0 Å². The molecule has 0 heterocycles. The molecule has 0 aliphatic rings. The molecule has 0 bridgehead atoms. The van der Waals surface area contributed by atoms with Gasteiger partial charge in [-0.3, -0.25) is 13.9 Å². The van der Waals surface area contributed by atoms with Gasteiger partial charge in [0.25, 0.3) is 10.0 Å². The van der Waals surface area contributed by atoms with Crippen LogP contribution in [0.25, 0.3) is 0 Å². The molecular weight excluding hydrogens is 498 g/mol. The number of likely N-dealkylation sites (N-methyl/N-ethyl adjacent to an activating group) is 1. The van der Waals surface area contributed by atoms with E-state index in [9.17, 15) is 18.0 Å². The molecule has 0 spiro atoms. The van der Waals surface area contributed by atoms with Gasteiger partial charge in [-0.15, -0.1) is 0 Å². The van der Waals surface area contributed by atoms with Crippen molar-refractivity contribution in [3.8, 4) is 0 Å². The second kappa shape index (κ2) is 12.1. The molecule has 36 heavy (non-hydrogen) atoms. The fourth-order valence-corrected chi connectivity index (χ4v) is 5.64. The molecule has 0 aromatic heterocycles. The van der Waals surface area contributed by atoms with Crippen LogP contribution in [0.2, 0.25) is 5.02 Å². The third-order valence-corrected chi connectivity index (χ3v) is 7.94. The van der Waals surface area contributed by atoms with E-state index in [-0.39, 0.29) is 17.3 Å². The molecule has 0 radical (unpaired) electrons. The van der Waals surface area contributed by atoms with E-state index in [0.29, 0.717) is 22.7 Å². The number of rotatable bonds is 10. The molecule has 9 heteroatoms. The summed E-state index contributed by atoms with van der Waals surface area (Å²) in [7, 11) is -2.59. The first-order chi connectivity index (χ1) is 17.1. The van der Waals surface area contributed by atoms with Crippen LogP contribution in [-0.2, 0) is 26.0 Å². The number of anilines is 1. The van der Waals surface area contributed by atoms with Crippen molar-refractivity contribution in [2.24, 2.45) is 0 Å². The predicted octanol–water partition coefficient (Wildman–Crippen LogP) is 4.05. The van der Waals surface area contributed by atoms with Crippen molar-refractivity contribution in [1.29, 1.82) is 0 Å². The van der Waals surface area contributed by atoms with E-state index in [4.69, 9.17) is 11.6 Å². The highest BCUT2D eigenvalue weighted by Gasteiger charge is 2.32. The van der Waals surface area contributed by atoms with Crippen molar-refractivity contribution < 1.29 is 18.0 Å². The smallest absolute Gasteiger partial charge is 0.264 e. The third-order valence-electron chi connectivity index (χ3n) is 5.94. The summed E-state index contributed by atoms with van der Waals surface area (Å²) >= 11 is 6.11. The number of nitrogens with zero attached hydrogens (tertiary/aromatic N) is 2. The van der Waals surface area contributed by atoms with Crippen LogP contribution in [-0.4, -0.2) is 51.3 Å². The second-order valence-corrected chi connectivity index (χ2v) is 10.7. The number of aryl methyl sites for hydroxylation is 1. The fraction of sp³-hybridized carbons (Fsp3) is 0.259. The summed E-state index contributed by atoms with van der Waals surface area (Å²) in [4.78, 5) is 27.6. The Morgan fingerprint density at radius 2 is 1.58 bits per heavy atom. The highest BCUT2D eigenvalue weighted by atomic mass is 35.5. The van der Waals surface area contributed by atoms with Gasteiger partial charge >= 0.3 is 0 Å². The molecule has 0 saturated carbocycles. The van der Waals surface area contributed by atoms with E-state index >= 15 is 0 Å². The Balaban J connectivity index is 1.99. The van der Waals surface area contributed by atoms with Gasteiger partial charge in [-0.1, -0.05) is 60.1 Å². The number of nitrogens with one attached hydrogen (secondary N) is 1. The molecule has 190 valence electrons. The van der Waals surface area contributed by atoms with E-state index in [1.807, 2.05) is 30.3 Å². The molecule has 3 aromatic carbocycles. The minimum atomic E-state index is -4.09. The van der Waals surface area contributed by atoms with Crippen LogP contribution in [0.15, 0.2) is 83.8 Å². The fourth-order valence-electron chi connectivity index (χ4n) is 3.91. The summed E-state index contributed by atoms with van der Waals surface area (Å²) < 4.78 is 28.5. The Bertz CT molecular complexity index is 1300. The van der Waals surface area contributed by atoms with E-state index < -0.39 is 28.5 Å². The standard InChI is InChI=1S/C27H30ClN3O4S/c1-20-18-23(28)14-15-25(20)31(36(34,35)24-12-8-5-9-13-24)19-26(32)30(21(2)27(33)29-3)17-16-22-10-6-4-7-11-22/h4-15,18,21H,16-17,19H2,1-3H3,(H,29,33)/t21-/m1/s1. The van der Waals surface area contributed by atoms with Gasteiger partial charge in [0.05, 0.1) is 10.6 Å². The van der Waals surface area contributed by atoms with Gasteiger partial charge in [0, 0.05) is 18.6 Å². The highest BCUT2D eigenvalue weighted by molar-refractivity contribution is 7.92. The van der Waals surface area contributed by atoms with Crippen molar-refractivity contribution in [2.75, 3.05) is 24.4 Å². The Morgan fingerprint density at radius 1 is 0.972 bits per heavy atom. The molecule has 0 aliphatic carbocycles. The molecule has 7 nitrogen and oxygen atoms in total. The number of halogens is 1. The topological polar surface area (TPSA) is 86.8 Å². The molecule has 3 rings (SSSR count). The van der Waals surface area contributed by atoms with Crippen LogP contribution in [0.5, 0.6) is 0 Å². The van der Waals surface area contributed by atoms with Gasteiger partial charge in [0.2, 0.25) is 11.8 Å². The monoisotopic (exact) mass is 527 g/mol. The first kappa shape index (κ1) is 27.2. The number of sulfonamides is 1. The van der Waals surface area contributed by atoms with Crippen LogP contribution < -0.4 is 9.62 Å². The number of benzene rings is 3. The van der Waals surface area contributed by atoms with E-state index in [1.54, 1.807) is 50.2 Å². The molecule has 1 N–H and O–H groups in total. The molecule has 3 aromatic rings. The summed E-state index contributed by atoms with van der Waals surface area (Å²) in [6.07, 6.45) is 0.513. The maximum absolute atomic E-state index is 13.7. The van der Waals surface area contributed by atoms with E-state index in [2.05, 4.69) is 5.32 Å². The van der Waals surface area contributed by atoms with Gasteiger partial charge in [-0.25, -0.2) is 8.42 Å². The Labute approximate surface area is 217 Å². The number of carbonyl (C=O) groups excluding carboxylic acids is 2. The first-order valence-corrected chi connectivity index (χ1v) is 13.4. The van der Waals surface area contributed by atoms with Crippen molar-refractivity contribution in [3.63, 3.8) is 0 Å². The summed E-state index contributed by atoms with van der Waals surface area (Å²) in [5.74, 6) is -0.826. The Kier molecular flexibility index (Phi) is 9.12. The number of hydrogen-bond acceptors (Lipinski definition) is 4. The van der Waals surface area contributed by atoms with Crippen molar-refractivity contribution in [2.45, 2.75) is 31.2 Å². The maximum Gasteiger partial charge on any atom is 0.264 e. The van der Waals surface area contributed by atoms with E-state index in [1.165, 1.54) is 24.1 Å². The minimum Gasteiger partial charge on any atom is -0.357 e. The highest BCUT2D eigenvalue weighted by Crippen LogP contribution is 2.29. The average molecular weight is 528 g/mol. The lowest BCUT2D eigenvalue weighted by Gasteiger charge is -2.32. The predicted molar refractivity (Wildman–Crippen MR) is 143 cm³/mol.